The minimum Gasteiger partial charge on any atom is -0.483 e. The summed E-state index contributed by atoms with van der Waals surface area (Å²) in [7, 11) is 0. The Labute approximate surface area is 154 Å². The van der Waals surface area contributed by atoms with Crippen molar-refractivity contribution in [3.63, 3.8) is 0 Å². The van der Waals surface area contributed by atoms with E-state index >= 15 is 0 Å². The number of benzene rings is 2. The monoisotopic (exact) mass is 355 g/mol. The SMILES string of the molecule is Cc1ccc(C(C)C)c(OCC(=O)NC(Cc2ccccc2)C(=O)O)c1. The van der Waals surface area contributed by atoms with Gasteiger partial charge in [0.25, 0.3) is 5.91 Å². The van der Waals surface area contributed by atoms with E-state index in [9.17, 15) is 14.7 Å². The van der Waals surface area contributed by atoms with Crippen molar-refractivity contribution in [3.05, 3.63) is 65.2 Å². The highest BCUT2D eigenvalue weighted by Gasteiger charge is 2.21. The molecule has 2 N–H and O–H groups in total. The average molecular weight is 355 g/mol. The number of hydrogen-bond acceptors (Lipinski definition) is 3. The molecule has 0 bridgehead atoms. The maximum atomic E-state index is 12.2. The molecule has 2 aromatic carbocycles. The summed E-state index contributed by atoms with van der Waals surface area (Å²) < 4.78 is 5.67. The number of aliphatic carboxylic acids is 1. The van der Waals surface area contributed by atoms with Crippen LogP contribution in [0.4, 0.5) is 0 Å². The maximum absolute atomic E-state index is 12.2. The van der Waals surface area contributed by atoms with Crippen LogP contribution in [0.25, 0.3) is 0 Å². The van der Waals surface area contributed by atoms with E-state index < -0.39 is 17.9 Å². The molecule has 0 aliphatic carbocycles. The molecule has 5 nitrogen and oxygen atoms in total. The van der Waals surface area contributed by atoms with Crippen molar-refractivity contribution in [1.29, 1.82) is 0 Å². The van der Waals surface area contributed by atoms with Crippen molar-refractivity contribution in [1.82, 2.24) is 5.32 Å². The van der Waals surface area contributed by atoms with Crippen LogP contribution >= 0.6 is 0 Å². The van der Waals surface area contributed by atoms with Gasteiger partial charge in [-0.05, 0) is 35.6 Å². The third-order valence-corrected chi connectivity index (χ3v) is 4.07. The average Bonchev–Trinajstić information content (AvgIpc) is 2.60. The van der Waals surface area contributed by atoms with Crippen molar-refractivity contribution in [2.45, 2.75) is 39.2 Å². The zero-order valence-corrected chi connectivity index (χ0v) is 15.4. The van der Waals surface area contributed by atoms with Crippen molar-refractivity contribution in [2.24, 2.45) is 0 Å². The first-order valence-electron chi connectivity index (χ1n) is 8.66. The molecular weight excluding hydrogens is 330 g/mol. The first-order chi connectivity index (χ1) is 12.4. The summed E-state index contributed by atoms with van der Waals surface area (Å²) in [5, 5.41) is 11.9. The molecule has 0 aliphatic heterocycles. The molecule has 1 atom stereocenters. The van der Waals surface area contributed by atoms with Crippen LogP contribution in [0.5, 0.6) is 5.75 Å². The topological polar surface area (TPSA) is 75.6 Å². The van der Waals surface area contributed by atoms with Crippen LogP contribution in [0, 0.1) is 6.92 Å². The molecule has 26 heavy (non-hydrogen) atoms. The highest BCUT2D eigenvalue weighted by molar-refractivity contribution is 5.84. The molecule has 0 spiro atoms. The summed E-state index contributed by atoms with van der Waals surface area (Å²) in [5.74, 6) is -0.603. The third-order valence-electron chi connectivity index (χ3n) is 4.07. The Morgan fingerprint density at radius 2 is 1.81 bits per heavy atom. The number of carbonyl (C=O) groups is 2. The Hall–Kier alpha value is -2.82. The second kappa shape index (κ2) is 9.04. The summed E-state index contributed by atoms with van der Waals surface area (Å²) >= 11 is 0. The number of ether oxygens (including phenoxy) is 1. The summed E-state index contributed by atoms with van der Waals surface area (Å²) in [6.07, 6.45) is 0.226. The number of carbonyl (C=O) groups excluding carboxylic acids is 1. The van der Waals surface area contributed by atoms with E-state index in [1.54, 1.807) is 0 Å². The molecule has 2 aromatic rings. The van der Waals surface area contributed by atoms with Gasteiger partial charge in [-0.15, -0.1) is 0 Å². The number of nitrogens with one attached hydrogen (secondary N) is 1. The van der Waals surface area contributed by atoms with Gasteiger partial charge in [0.2, 0.25) is 0 Å². The van der Waals surface area contributed by atoms with Gasteiger partial charge in [-0.2, -0.15) is 0 Å². The molecular formula is C21H25NO4. The normalized spacial score (nSPS) is 11.8. The number of carboxylic acids is 1. The molecule has 0 heterocycles. The fourth-order valence-corrected chi connectivity index (χ4v) is 2.67. The van der Waals surface area contributed by atoms with Gasteiger partial charge in [0.15, 0.2) is 6.61 Å². The van der Waals surface area contributed by atoms with E-state index in [-0.39, 0.29) is 18.9 Å². The first kappa shape index (κ1) is 19.5. The number of carboxylic acid groups (broad SMARTS) is 1. The van der Waals surface area contributed by atoms with Gasteiger partial charge in [0, 0.05) is 6.42 Å². The molecule has 0 saturated heterocycles. The molecule has 0 radical (unpaired) electrons. The first-order valence-corrected chi connectivity index (χ1v) is 8.66. The van der Waals surface area contributed by atoms with E-state index in [1.807, 2.05) is 55.5 Å². The molecule has 5 heteroatoms. The van der Waals surface area contributed by atoms with Gasteiger partial charge in [-0.1, -0.05) is 56.3 Å². The zero-order valence-electron chi connectivity index (χ0n) is 15.4. The second-order valence-electron chi connectivity index (χ2n) is 6.63. The zero-order chi connectivity index (χ0) is 19.1. The smallest absolute Gasteiger partial charge is 0.326 e. The lowest BCUT2D eigenvalue weighted by Crippen LogP contribution is -2.44. The fourth-order valence-electron chi connectivity index (χ4n) is 2.67. The molecule has 138 valence electrons. The van der Waals surface area contributed by atoms with E-state index in [0.29, 0.717) is 5.75 Å². The van der Waals surface area contributed by atoms with Crippen LogP contribution < -0.4 is 10.1 Å². The summed E-state index contributed by atoms with van der Waals surface area (Å²) in [5.41, 5.74) is 2.90. The molecule has 0 aliphatic rings. The van der Waals surface area contributed by atoms with Gasteiger partial charge >= 0.3 is 5.97 Å². The Kier molecular flexibility index (Phi) is 6.78. The summed E-state index contributed by atoms with van der Waals surface area (Å²) in [6, 6.07) is 14.1. The van der Waals surface area contributed by atoms with Gasteiger partial charge < -0.3 is 15.2 Å². The quantitative estimate of drug-likeness (QED) is 0.762. The summed E-state index contributed by atoms with van der Waals surface area (Å²) in [6.45, 7) is 5.84. The highest BCUT2D eigenvalue weighted by atomic mass is 16.5. The lowest BCUT2D eigenvalue weighted by atomic mass is 10.0. The lowest BCUT2D eigenvalue weighted by Gasteiger charge is -2.17. The molecule has 1 amide bonds. The van der Waals surface area contributed by atoms with Crippen LogP contribution in [0.15, 0.2) is 48.5 Å². The highest BCUT2D eigenvalue weighted by Crippen LogP contribution is 2.27. The maximum Gasteiger partial charge on any atom is 0.326 e. The van der Waals surface area contributed by atoms with E-state index in [2.05, 4.69) is 19.2 Å². The van der Waals surface area contributed by atoms with Gasteiger partial charge in [-0.3, -0.25) is 4.79 Å². The van der Waals surface area contributed by atoms with Crippen LogP contribution in [0.2, 0.25) is 0 Å². The predicted molar refractivity (Wildman–Crippen MR) is 100 cm³/mol. The predicted octanol–water partition coefficient (Wildman–Crippen LogP) is 3.31. The molecule has 0 fully saturated rings. The van der Waals surface area contributed by atoms with E-state index in [4.69, 9.17) is 4.74 Å². The number of rotatable bonds is 8. The molecule has 0 saturated carbocycles. The van der Waals surface area contributed by atoms with E-state index in [1.165, 1.54) is 0 Å². The van der Waals surface area contributed by atoms with Crippen LogP contribution in [0.3, 0.4) is 0 Å². The van der Waals surface area contributed by atoms with Crippen molar-refractivity contribution in [3.8, 4) is 5.75 Å². The lowest BCUT2D eigenvalue weighted by molar-refractivity contribution is -0.142. The number of amides is 1. The Morgan fingerprint density at radius 3 is 2.42 bits per heavy atom. The largest absolute Gasteiger partial charge is 0.483 e. The van der Waals surface area contributed by atoms with Gasteiger partial charge in [-0.25, -0.2) is 4.79 Å². The van der Waals surface area contributed by atoms with Crippen LogP contribution in [-0.4, -0.2) is 29.6 Å². The van der Waals surface area contributed by atoms with Crippen molar-refractivity contribution < 1.29 is 19.4 Å². The minimum atomic E-state index is -1.07. The molecule has 0 aromatic heterocycles. The minimum absolute atomic E-state index is 0.220. The Bertz CT molecular complexity index is 756. The number of hydrogen-bond donors (Lipinski definition) is 2. The molecule has 1 unspecified atom stereocenters. The summed E-state index contributed by atoms with van der Waals surface area (Å²) in [4.78, 5) is 23.6. The standard InChI is InChI=1S/C21H25NO4/c1-14(2)17-10-9-15(3)11-19(17)26-13-20(23)22-18(21(24)25)12-16-7-5-4-6-8-16/h4-11,14,18H,12-13H2,1-3H3,(H,22,23)(H,24,25). The van der Waals surface area contributed by atoms with Crippen molar-refractivity contribution in [2.75, 3.05) is 6.61 Å². The van der Waals surface area contributed by atoms with Crippen molar-refractivity contribution >= 4 is 11.9 Å². The Morgan fingerprint density at radius 1 is 1.12 bits per heavy atom. The third kappa shape index (κ3) is 5.62. The van der Waals surface area contributed by atoms with Crippen LogP contribution in [0.1, 0.15) is 36.5 Å². The number of aryl methyl sites for hydroxylation is 1. The van der Waals surface area contributed by atoms with Gasteiger partial charge in [0.05, 0.1) is 0 Å². The van der Waals surface area contributed by atoms with Crippen LogP contribution in [-0.2, 0) is 16.0 Å². The fraction of sp³-hybridized carbons (Fsp3) is 0.333. The second-order valence-corrected chi connectivity index (χ2v) is 6.63. The van der Waals surface area contributed by atoms with Gasteiger partial charge in [0.1, 0.15) is 11.8 Å². The Balaban J connectivity index is 1.99. The van der Waals surface area contributed by atoms with E-state index in [0.717, 1.165) is 16.7 Å². The molecule has 2 rings (SSSR count).